The van der Waals surface area contributed by atoms with Crippen LogP contribution in [0.5, 0.6) is 5.75 Å². The first-order chi connectivity index (χ1) is 9.15. The van der Waals surface area contributed by atoms with Gasteiger partial charge in [-0.1, -0.05) is 6.07 Å². The topological polar surface area (TPSA) is 88.1 Å². The number of hydrogen-bond donors (Lipinski definition) is 1. The monoisotopic (exact) mass is 257 g/mol. The second kappa shape index (κ2) is 5.23. The van der Waals surface area contributed by atoms with Gasteiger partial charge < -0.3 is 9.84 Å². The Morgan fingerprint density at radius 1 is 1.53 bits per heavy atom. The molecule has 2 rings (SSSR count). The fraction of sp³-hybridized carbons (Fsp3) is 0.154. The van der Waals surface area contributed by atoms with Crippen LogP contribution in [0.25, 0.3) is 0 Å². The predicted octanol–water partition coefficient (Wildman–Crippen LogP) is 1.51. The standard InChI is InChI=1S/C13H11N3O3/c1-19-12-3-2-9(6-10(12)7-14)8-16-11(13(17)18)4-5-15-16/h2-6H,8H2,1H3,(H,17,18). The molecule has 6 heteroatoms. The number of carboxylic acids is 1. The third kappa shape index (κ3) is 2.55. The van der Waals surface area contributed by atoms with E-state index in [-0.39, 0.29) is 12.2 Å². The van der Waals surface area contributed by atoms with Gasteiger partial charge in [0.2, 0.25) is 0 Å². The number of aromatic carboxylic acids is 1. The van der Waals surface area contributed by atoms with Gasteiger partial charge in [-0.05, 0) is 23.8 Å². The minimum Gasteiger partial charge on any atom is -0.495 e. The molecule has 0 fully saturated rings. The maximum Gasteiger partial charge on any atom is 0.354 e. The summed E-state index contributed by atoms with van der Waals surface area (Å²) in [7, 11) is 1.49. The molecule has 0 saturated carbocycles. The lowest BCUT2D eigenvalue weighted by Gasteiger charge is -2.07. The highest BCUT2D eigenvalue weighted by atomic mass is 16.5. The van der Waals surface area contributed by atoms with E-state index in [9.17, 15) is 4.79 Å². The average molecular weight is 257 g/mol. The number of carbonyl (C=O) groups is 1. The Hall–Kier alpha value is -2.81. The summed E-state index contributed by atoms with van der Waals surface area (Å²) in [5.74, 6) is -0.545. The predicted molar refractivity (Wildman–Crippen MR) is 66.0 cm³/mol. The zero-order valence-corrected chi connectivity index (χ0v) is 10.2. The van der Waals surface area contributed by atoms with E-state index in [1.807, 2.05) is 6.07 Å². The first kappa shape index (κ1) is 12.6. The fourth-order valence-corrected chi connectivity index (χ4v) is 1.75. The Bertz CT molecular complexity index is 655. The number of aromatic nitrogens is 2. The quantitative estimate of drug-likeness (QED) is 0.896. The van der Waals surface area contributed by atoms with Crippen LogP contribution in [0.4, 0.5) is 0 Å². The zero-order valence-electron chi connectivity index (χ0n) is 10.2. The number of carboxylic acid groups (broad SMARTS) is 1. The van der Waals surface area contributed by atoms with Crippen LogP contribution in [-0.2, 0) is 6.54 Å². The average Bonchev–Trinajstić information content (AvgIpc) is 2.87. The number of nitriles is 1. The number of benzene rings is 1. The van der Waals surface area contributed by atoms with E-state index < -0.39 is 5.97 Å². The van der Waals surface area contributed by atoms with Crippen LogP contribution in [0.3, 0.4) is 0 Å². The Morgan fingerprint density at radius 3 is 2.95 bits per heavy atom. The van der Waals surface area contributed by atoms with Crippen LogP contribution in [0, 0.1) is 11.3 Å². The molecule has 0 saturated heterocycles. The summed E-state index contributed by atoms with van der Waals surface area (Å²) in [6.07, 6.45) is 1.43. The van der Waals surface area contributed by atoms with E-state index in [4.69, 9.17) is 15.1 Å². The normalized spacial score (nSPS) is 9.89. The van der Waals surface area contributed by atoms with E-state index in [2.05, 4.69) is 5.10 Å². The summed E-state index contributed by atoms with van der Waals surface area (Å²) in [6.45, 7) is 0.285. The van der Waals surface area contributed by atoms with Crippen molar-refractivity contribution in [1.82, 2.24) is 9.78 Å². The van der Waals surface area contributed by atoms with Gasteiger partial charge >= 0.3 is 5.97 Å². The molecule has 1 N–H and O–H groups in total. The molecular weight excluding hydrogens is 246 g/mol. The molecule has 0 spiro atoms. The molecule has 0 bridgehead atoms. The Kier molecular flexibility index (Phi) is 3.48. The molecule has 1 aromatic heterocycles. The third-order valence-electron chi connectivity index (χ3n) is 2.65. The summed E-state index contributed by atoms with van der Waals surface area (Å²) in [5, 5.41) is 21.9. The lowest BCUT2D eigenvalue weighted by atomic mass is 10.1. The second-order valence-corrected chi connectivity index (χ2v) is 3.83. The fourth-order valence-electron chi connectivity index (χ4n) is 1.75. The lowest BCUT2D eigenvalue weighted by Crippen LogP contribution is -2.11. The summed E-state index contributed by atoms with van der Waals surface area (Å²) in [4.78, 5) is 11.0. The van der Waals surface area contributed by atoms with Crippen LogP contribution < -0.4 is 4.74 Å². The van der Waals surface area contributed by atoms with Crippen LogP contribution >= 0.6 is 0 Å². The lowest BCUT2D eigenvalue weighted by molar-refractivity contribution is 0.0684. The maximum atomic E-state index is 11.0. The highest BCUT2D eigenvalue weighted by molar-refractivity contribution is 5.85. The van der Waals surface area contributed by atoms with Gasteiger partial charge in [0.25, 0.3) is 0 Å². The number of ether oxygens (including phenoxy) is 1. The number of rotatable bonds is 4. The highest BCUT2D eigenvalue weighted by Gasteiger charge is 2.11. The van der Waals surface area contributed by atoms with Crippen molar-refractivity contribution in [3.8, 4) is 11.8 Å². The van der Waals surface area contributed by atoms with E-state index in [1.54, 1.807) is 18.2 Å². The highest BCUT2D eigenvalue weighted by Crippen LogP contribution is 2.19. The first-order valence-electron chi connectivity index (χ1n) is 5.48. The molecule has 1 aromatic carbocycles. The zero-order chi connectivity index (χ0) is 13.8. The van der Waals surface area contributed by atoms with Gasteiger partial charge in [-0.15, -0.1) is 0 Å². The van der Waals surface area contributed by atoms with Gasteiger partial charge in [0.1, 0.15) is 17.5 Å². The van der Waals surface area contributed by atoms with Crippen molar-refractivity contribution in [2.24, 2.45) is 0 Å². The van der Waals surface area contributed by atoms with Crippen LogP contribution in [0.15, 0.2) is 30.5 Å². The summed E-state index contributed by atoms with van der Waals surface area (Å²) >= 11 is 0. The molecule has 0 amide bonds. The van der Waals surface area contributed by atoms with Gasteiger partial charge in [-0.25, -0.2) is 4.79 Å². The summed E-state index contributed by atoms with van der Waals surface area (Å²) in [6, 6.07) is 8.57. The molecule has 0 aliphatic heterocycles. The van der Waals surface area contributed by atoms with Crippen molar-refractivity contribution >= 4 is 5.97 Å². The molecule has 0 atom stereocenters. The SMILES string of the molecule is COc1ccc(Cn2nccc2C(=O)O)cc1C#N. The van der Waals surface area contributed by atoms with E-state index in [1.165, 1.54) is 24.1 Å². The van der Waals surface area contributed by atoms with Crippen molar-refractivity contribution in [1.29, 1.82) is 5.26 Å². The second-order valence-electron chi connectivity index (χ2n) is 3.83. The van der Waals surface area contributed by atoms with Crippen molar-refractivity contribution in [3.63, 3.8) is 0 Å². The van der Waals surface area contributed by atoms with E-state index >= 15 is 0 Å². The van der Waals surface area contributed by atoms with Gasteiger partial charge in [-0.2, -0.15) is 10.4 Å². The largest absolute Gasteiger partial charge is 0.495 e. The van der Waals surface area contributed by atoms with E-state index in [0.717, 1.165) is 5.56 Å². The van der Waals surface area contributed by atoms with Crippen molar-refractivity contribution in [3.05, 3.63) is 47.3 Å². The summed E-state index contributed by atoms with van der Waals surface area (Å²) in [5.41, 5.74) is 1.29. The molecule has 6 nitrogen and oxygen atoms in total. The van der Waals surface area contributed by atoms with Gasteiger partial charge in [0.05, 0.1) is 19.2 Å². The number of hydrogen-bond acceptors (Lipinski definition) is 4. The number of nitrogens with zero attached hydrogens (tertiary/aromatic N) is 3. The Morgan fingerprint density at radius 2 is 2.32 bits per heavy atom. The molecule has 96 valence electrons. The molecule has 1 heterocycles. The van der Waals surface area contributed by atoms with Gasteiger partial charge in [0, 0.05) is 6.20 Å². The molecule has 2 aromatic rings. The Labute approximate surface area is 109 Å². The van der Waals surface area contributed by atoms with Crippen molar-refractivity contribution in [2.45, 2.75) is 6.54 Å². The smallest absolute Gasteiger partial charge is 0.354 e. The molecular formula is C13H11N3O3. The van der Waals surface area contributed by atoms with Crippen molar-refractivity contribution < 1.29 is 14.6 Å². The van der Waals surface area contributed by atoms with E-state index in [0.29, 0.717) is 11.3 Å². The van der Waals surface area contributed by atoms with Gasteiger partial charge in [-0.3, -0.25) is 4.68 Å². The first-order valence-corrected chi connectivity index (χ1v) is 5.48. The summed E-state index contributed by atoms with van der Waals surface area (Å²) < 4.78 is 6.42. The molecule has 0 aliphatic carbocycles. The number of methoxy groups -OCH3 is 1. The molecule has 0 unspecified atom stereocenters. The van der Waals surface area contributed by atoms with Crippen LogP contribution in [0.1, 0.15) is 21.6 Å². The van der Waals surface area contributed by atoms with Crippen molar-refractivity contribution in [2.75, 3.05) is 7.11 Å². The maximum absolute atomic E-state index is 11.0. The van der Waals surface area contributed by atoms with Gasteiger partial charge in [0.15, 0.2) is 0 Å². The molecule has 0 aliphatic rings. The van der Waals surface area contributed by atoms with Crippen LogP contribution in [0.2, 0.25) is 0 Å². The third-order valence-corrected chi connectivity index (χ3v) is 2.65. The molecule has 19 heavy (non-hydrogen) atoms. The van der Waals surface area contributed by atoms with Crippen LogP contribution in [-0.4, -0.2) is 28.0 Å². The molecule has 0 radical (unpaired) electrons. The Balaban J connectivity index is 2.31. The minimum absolute atomic E-state index is 0.106. The minimum atomic E-state index is -1.04.